The standard InChI is InChI=1S/C13H21N3O/c1-15(11-6-7-11)13(17)10-16(9-8-14)12-4-2-3-5-12/h11-12H,2-7,9-10H2,1H3. The van der Waals surface area contributed by atoms with Gasteiger partial charge in [-0.15, -0.1) is 0 Å². The smallest absolute Gasteiger partial charge is 0.236 e. The average Bonchev–Trinajstić information content (AvgIpc) is 3.03. The summed E-state index contributed by atoms with van der Waals surface area (Å²) < 4.78 is 0. The first-order valence-electron chi connectivity index (χ1n) is 6.59. The lowest BCUT2D eigenvalue weighted by atomic mass is 10.2. The minimum Gasteiger partial charge on any atom is -0.342 e. The van der Waals surface area contributed by atoms with E-state index in [-0.39, 0.29) is 5.91 Å². The number of nitrogens with zero attached hydrogens (tertiary/aromatic N) is 3. The van der Waals surface area contributed by atoms with Crippen LogP contribution >= 0.6 is 0 Å². The van der Waals surface area contributed by atoms with Gasteiger partial charge in [-0.3, -0.25) is 9.69 Å². The summed E-state index contributed by atoms with van der Waals surface area (Å²) in [5, 5.41) is 8.85. The molecule has 0 bridgehead atoms. The minimum atomic E-state index is 0.176. The largest absolute Gasteiger partial charge is 0.342 e. The molecule has 0 heterocycles. The predicted molar refractivity (Wildman–Crippen MR) is 65.2 cm³/mol. The highest BCUT2D eigenvalue weighted by Crippen LogP contribution is 2.26. The van der Waals surface area contributed by atoms with Gasteiger partial charge in [0, 0.05) is 19.1 Å². The highest BCUT2D eigenvalue weighted by Gasteiger charge is 2.31. The fourth-order valence-electron chi connectivity index (χ4n) is 2.63. The van der Waals surface area contributed by atoms with Gasteiger partial charge in [0.2, 0.25) is 5.91 Å². The number of carbonyl (C=O) groups excluding carboxylic acids is 1. The first-order valence-corrected chi connectivity index (χ1v) is 6.59. The highest BCUT2D eigenvalue weighted by molar-refractivity contribution is 5.78. The molecule has 2 fully saturated rings. The summed E-state index contributed by atoms with van der Waals surface area (Å²) in [6, 6.07) is 3.11. The molecule has 0 saturated heterocycles. The fraction of sp³-hybridized carbons (Fsp3) is 0.846. The second-order valence-electron chi connectivity index (χ2n) is 5.24. The first-order chi connectivity index (χ1) is 8.22. The quantitative estimate of drug-likeness (QED) is 0.676. The summed E-state index contributed by atoms with van der Waals surface area (Å²) in [6.07, 6.45) is 7.04. The van der Waals surface area contributed by atoms with E-state index in [2.05, 4.69) is 11.0 Å². The molecule has 4 nitrogen and oxygen atoms in total. The number of hydrogen-bond donors (Lipinski definition) is 0. The molecule has 0 unspecified atom stereocenters. The predicted octanol–water partition coefficient (Wildman–Crippen LogP) is 1.38. The van der Waals surface area contributed by atoms with Crippen LogP contribution in [0.3, 0.4) is 0 Å². The molecule has 0 radical (unpaired) electrons. The molecule has 94 valence electrons. The molecule has 4 heteroatoms. The summed E-state index contributed by atoms with van der Waals surface area (Å²) in [6.45, 7) is 0.806. The fourth-order valence-corrected chi connectivity index (χ4v) is 2.63. The van der Waals surface area contributed by atoms with E-state index in [4.69, 9.17) is 5.26 Å². The van der Waals surface area contributed by atoms with Gasteiger partial charge < -0.3 is 4.90 Å². The van der Waals surface area contributed by atoms with Crippen molar-refractivity contribution in [3.05, 3.63) is 0 Å². The third kappa shape index (κ3) is 3.19. The van der Waals surface area contributed by atoms with Crippen LogP contribution in [0.15, 0.2) is 0 Å². The molecule has 2 saturated carbocycles. The van der Waals surface area contributed by atoms with Crippen molar-refractivity contribution in [3.63, 3.8) is 0 Å². The van der Waals surface area contributed by atoms with Crippen molar-refractivity contribution in [3.8, 4) is 6.07 Å². The van der Waals surface area contributed by atoms with Crippen LogP contribution in [0.2, 0.25) is 0 Å². The number of likely N-dealkylation sites (N-methyl/N-ethyl adjacent to an activating group) is 1. The van der Waals surface area contributed by atoms with Crippen molar-refractivity contribution < 1.29 is 4.79 Å². The Labute approximate surface area is 103 Å². The van der Waals surface area contributed by atoms with E-state index in [0.29, 0.717) is 25.2 Å². The third-order valence-corrected chi connectivity index (χ3v) is 3.94. The topological polar surface area (TPSA) is 47.3 Å². The zero-order valence-electron chi connectivity index (χ0n) is 10.6. The zero-order valence-corrected chi connectivity index (χ0v) is 10.6. The van der Waals surface area contributed by atoms with Gasteiger partial charge in [0.1, 0.15) is 0 Å². The maximum Gasteiger partial charge on any atom is 0.236 e. The lowest BCUT2D eigenvalue weighted by molar-refractivity contribution is -0.132. The van der Waals surface area contributed by atoms with Gasteiger partial charge in [-0.2, -0.15) is 5.26 Å². The van der Waals surface area contributed by atoms with E-state index >= 15 is 0 Å². The lowest BCUT2D eigenvalue weighted by Crippen LogP contribution is -2.43. The molecule has 0 N–H and O–H groups in total. The van der Waals surface area contributed by atoms with Gasteiger partial charge in [-0.05, 0) is 25.7 Å². The first kappa shape index (κ1) is 12.4. The van der Waals surface area contributed by atoms with E-state index in [1.807, 2.05) is 11.9 Å². The van der Waals surface area contributed by atoms with Crippen LogP contribution in [0.5, 0.6) is 0 Å². The molecule has 0 aromatic heterocycles. The summed E-state index contributed by atoms with van der Waals surface area (Å²) in [5.41, 5.74) is 0. The van der Waals surface area contributed by atoms with Gasteiger partial charge in [0.05, 0.1) is 19.2 Å². The van der Waals surface area contributed by atoms with E-state index in [1.165, 1.54) is 12.8 Å². The van der Waals surface area contributed by atoms with Crippen molar-refractivity contribution >= 4 is 5.91 Å². The molecule has 0 aliphatic heterocycles. The van der Waals surface area contributed by atoms with Crippen LogP contribution in [0, 0.1) is 11.3 Å². The van der Waals surface area contributed by atoms with Gasteiger partial charge in [-0.1, -0.05) is 12.8 Å². The van der Waals surface area contributed by atoms with Crippen molar-refractivity contribution in [2.24, 2.45) is 0 Å². The van der Waals surface area contributed by atoms with Gasteiger partial charge in [0.15, 0.2) is 0 Å². The SMILES string of the molecule is CN(C(=O)CN(CC#N)C1CCCC1)C1CC1. The number of amides is 1. The minimum absolute atomic E-state index is 0.176. The molecule has 2 aliphatic rings. The zero-order chi connectivity index (χ0) is 12.3. The maximum atomic E-state index is 12.0. The Morgan fingerprint density at radius 2 is 1.88 bits per heavy atom. The van der Waals surface area contributed by atoms with Crippen LogP contribution in [0.4, 0.5) is 0 Å². The molecule has 0 aromatic rings. The molecule has 17 heavy (non-hydrogen) atoms. The van der Waals surface area contributed by atoms with Crippen molar-refractivity contribution in [1.29, 1.82) is 5.26 Å². The molecule has 0 spiro atoms. The van der Waals surface area contributed by atoms with Crippen molar-refractivity contribution in [2.75, 3.05) is 20.1 Å². The number of hydrogen-bond acceptors (Lipinski definition) is 3. The number of carbonyl (C=O) groups is 1. The highest BCUT2D eigenvalue weighted by atomic mass is 16.2. The van der Waals surface area contributed by atoms with E-state index < -0.39 is 0 Å². The second-order valence-corrected chi connectivity index (χ2v) is 5.24. The number of nitriles is 1. The van der Waals surface area contributed by atoms with Gasteiger partial charge in [-0.25, -0.2) is 0 Å². The summed E-state index contributed by atoms with van der Waals surface area (Å²) >= 11 is 0. The lowest BCUT2D eigenvalue weighted by Gasteiger charge is -2.27. The van der Waals surface area contributed by atoms with Crippen LogP contribution < -0.4 is 0 Å². The van der Waals surface area contributed by atoms with Gasteiger partial charge in [0.25, 0.3) is 0 Å². The van der Waals surface area contributed by atoms with E-state index in [1.54, 1.807) is 0 Å². The number of rotatable bonds is 5. The van der Waals surface area contributed by atoms with Crippen LogP contribution in [-0.4, -0.2) is 47.9 Å². The van der Waals surface area contributed by atoms with Gasteiger partial charge >= 0.3 is 0 Å². The molecule has 1 amide bonds. The Kier molecular flexibility index (Phi) is 4.01. The normalized spacial score (nSPS) is 20.5. The maximum absolute atomic E-state index is 12.0. The molecule has 0 atom stereocenters. The van der Waals surface area contributed by atoms with Crippen LogP contribution in [0.1, 0.15) is 38.5 Å². The molecular weight excluding hydrogens is 214 g/mol. The van der Waals surface area contributed by atoms with Crippen LogP contribution in [0.25, 0.3) is 0 Å². The Morgan fingerprint density at radius 1 is 1.24 bits per heavy atom. The Morgan fingerprint density at radius 3 is 2.41 bits per heavy atom. The van der Waals surface area contributed by atoms with Crippen molar-refractivity contribution in [1.82, 2.24) is 9.80 Å². The monoisotopic (exact) mass is 235 g/mol. The Hall–Kier alpha value is -1.08. The summed E-state index contributed by atoms with van der Waals surface area (Å²) in [7, 11) is 1.89. The average molecular weight is 235 g/mol. The summed E-state index contributed by atoms with van der Waals surface area (Å²) in [5.74, 6) is 0.176. The second kappa shape index (κ2) is 5.50. The molecule has 2 rings (SSSR count). The van der Waals surface area contributed by atoms with Crippen LogP contribution in [-0.2, 0) is 4.79 Å². The Bertz CT molecular complexity index is 313. The van der Waals surface area contributed by atoms with E-state index in [0.717, 1.165) is 25.7 Å². The Balaban J connectivity index is 1.87. The third-order valence-electron chi connectivity index (χ3n) is 3.94. The molecule has 2 aliphatic carbocycles. The molecular formula is C13H21N3O. The van der Waals surface area contributed by atoms with Crippen molar-refractivity contribution in [2.45, 2.75) is 50.6 Å². The molecule has 0 aromatic carbocycles. The summed E-state index contributed by atoms with van der Waals surface area (Å²) in [4.78, 5) is 16.0. The van der Waals surface area contributed by atoms with E-state index in [9.17, 15) is 4.79 Å².